The third-order valence-electron chi connectivity index (χ3n) is 5.63. The molecule has 1 saturated carbocycles. The molecule has 2 fully saturated rings. The molecule has 1 saturated heterocycles. The van der Waals surface area contributed by atoms with Gasteiger partial charge in [0.25, 0.3) is 0 Å². The van der Waals surface area contributed by atoms with E-state index in [4.69, 9.17) is 0 Å². The maximum atomic E-state index is 3.50. The lowest BCUT2D eigenvalue weighted by Gasteiger charge is -2.35. The van der Waals surface area contributed by atoms with Crippen LogP contribution in [-0.2, 0) is 0 Å². The van der Waals surface area contributed by atoms with Crippen molar-refractivity contribution < 1.29 is 0 Å². The largest absolute Gasteiger partial charge is 0.317 e. The van der Waals surface area contributed by atoms with Crippen molar-refractivity contribution in [2.75, 3.05) is 26.2 Å². The van der Waals surface area contributed by atoms with E-state index in [2.05, 4.69) is 24.1 Å². The molecule has 2 atom stereocenters. The van der Waals surface area contributed by atoms with Crippen LogP contribution in [-0.4, -0.2) is 37.1 Å². The summed E-state index contributed by atoms with van der Waals surface area (Å²) < 4.78 is 0. The van der Waals surface area contributed by atoms with E-state index in [-0.39, 0.29) is 0 Å². The van der Waals surface area contributed by atoms with Gasteiger partial charge in [-0.25, -0.2) is 0 Å². The molecule has 0 aromatic heterocycles. The monoisotopic (exact) mass is 280 g/mol. The van der Waals surface area contributed by atoms with E-state index >= 15 is 0 Å². The summed E-state index contributed by atoms with van der Waals surface area (Å²) in [5.41, 5.74) is 0. The molecule has 0 aromatic carbocycles. The van der Waals surface area contributed by atoms with E-state index in [1.807, 2.05) is 0 Å². The Morgan fingerprint density at radius 3 is 2.40 bits per heavy atom. The first-order valence-electron chi connectivity index (χ1n) is 9.28. The van der Waals surface area contributed by atoms with E-state index in [1.165, 1.54) is 84.0 Å². The van der Waals surface area contributed by atoms with Crippen molar-refractivity contribution in [1.82, 2.24) is 10.2 Å². The van der Waals surface area contributed by atoms with Crippen LogP contribution >= 0.6 is 0 Å². The fourth-order valence-corrected chi connectivity index (χ4v) is 4.35. The van der Waals surface area contributed by atoms with Gasteiger partial charge < -0.3 is 10.2 Å². The first-order valence-corrected chi connectivity index (χ1v) is 9.28. The van der Waals surface area contributed by atoms with Crippen molar-refractivity contribution in [3.8, 4) is 0 Å². The van der Waals surface area contributed by atoms with E-state index in [0.29, 0.717) is 0 Å². The first kappa shape index (κ1) is 16.3. The summed E-state index contributed by atoms with van der Waals surface area (Å²) in [4.78, 5) is 2.82. The summed E-state index contributed by atoms with van der Waals surface area (Å²) in [6.45, 7) is 9.82. The molecule has 0 radical (unpaired) electrons. The zero-order valence-electron chi connectivity index (χ0n) is 13.9. The Hall–Kier alpha value is -0.0800. The lowest BCUT2D eigenvalue weighted by atomic mass is 9.94. The summed E-state index contributed by atoms with van der Waals surface area (Å²) in [6.07, 6.45) is 13.0. The van der Waals surface area contributed by atoms with Crippen LogP contribution in [0, 0.1) is 11.8 Å². The van der Waals surface area contributed by atoms with Crippen molar-refractivity contribution in [2.45, 2.75) is 77.7 Å². The molecule has 1 heterocycles. The number of rotatable bonds is 6. The minimum atomic E-state index is 0.886. The fourth-order valence-electron chi connectivity index (χ4n) is 4.35. The number of hydrogen-bond acceptors (Lipinski definition) is 2. The van der Waals surface area contributed by atoms with Gasteiger partial charge in [-0.05, 0) is 63.6 Å². The molecule has 1 aliphatic carbocycles. The summed E-state index contributed by atoms with van der Waals surface area (Å²) in [7, 11) is 0. The second kappa shape index (κ2) is 9.04. The highest BCUT2D eigenvalue weighted by molar-refractivity contribution is 4.80. The molecule has 0 aromatic rings. The van der Waals surface area contributed by atoms with Crippen molar-refractivity contribution in [3.05, 3.63) is 0 Å². The van der Waals surface area contributed by atoms with Crippen LogP contribution in [0.1, 0.15) is 71.6 Å². The van der Waals surface area contributed by atoms with Crippen LogP contribution in [0.5, 0.6) is 0 Å². The normalized spacial score (nSPS) is 29.6. The van der Waals surface area contributed by atoms with Crippen LogP contribution in [0.2, 0.25) is 0 Å². The van der Waals surface area contributed by atoms with Crippen LogP contribution in [0.3, 0.4) is 0 Å². The Morgan fingerprint density at radius 1 is 0.900 bits per heavy atom. The predicted molar refractivity (Wildman–Crippen MR) is 88.1 cm³/mol. The Kier molecular flexibility index (Phi) is 7.37. The highest BCUT2D eigenvalue weighted by Gasteiger charge is 2.25. The van der Waals surface area contributed by atoms with Gasteiger partial charge in [-0.2, -0.15) is 0 Å². The van der Waals surface area contributed by atoms with Gasteiger partial charge in [0.05, 0.1) is 0 Å². The van der Waals surface area contributed by atoms with E-state index in [0.717, 1.165) is 17.9 Å². The first-order chi connectivity index (χ1) is 9.83. The Labute approximate surface area is 126 Å². The summed E-state index contributed by atoms with van der Waals surface area (Å²) in [5, 5.41) is 3.50. The average Bonchev–Trinajstić information content (AvgIpc) is 2.72. The minimum Gasteiger partial charge on any atom is -0.317 e. The van der Waals surface area contributed by atoms with Crippen LogP contribution in [0.15, 0.2) is 0 Å². The lowest BCUT2D eigenvalue weighted by Crippen LogP contribution is -2.41. The van der Waals surface area contributed by atoms with Crippen molar-refractivity contribution in [2.24, 2.45) is 11.8 Å². The van der Waals surface area contributed by atoms with Gasteiger partial charge >= 0.3 is 0 Å². The van der Waals surface area contributed by atoms with Gasteiger partial charge in [-0.15, -0.1) is 0 Å². The summed E-state index contributed by atoms with van der Waals surface area (Å²) in [5.74, 6) is 1.98. The van der Waals surface area contributed by atoms with E-state index in [9.17, 15) is 0 Å². The zero-order chi connectivity index (χ0) is 14.2. The Bertz CT molecular complexity index is 248. The predicted octanol–water partition coefficient (Wildman–Crippen LogP) is 4.06. The number of hydrogen-bond donors (Lipinski definition) is 1. The van der Waals surface area contributed by atoms with Crippen molar-refractivity contribution in [3.63, 3.8) is 0 Å². The molecule has 0 bridgehead atoms. The molecule has 2 aliphatic rings. The molecule has 2 heteroatoms. The zero-order valence-corrected chi connectivity index (χ0v) is 13.9. The quantitative estimate of drug-likeness (QED) is 0.738. The highest BCUT2D eigenvalue weighted by Crippen LogP contribution is 2.29. The fraction of sp³-hybridized carbons (Fsp3) is 1.00. The van der Waals surface area contributed by atoms with Gasteiger partial charge in [0.15, 0.2) is 0 Å². The SMILES string of the molecule is CCCC1CCCC(N(CC)CC2CCNCC2)CC1. The third-order valence-corrected chi connectivity index (χ3v) is 5.63. The number of nitrogens with one attached hydrogen (secondary N) is 1. The third kappa shape index (κ3) is 5.04. The molecule has 0 spiro atoms. The topological polar surface area (TPSA) is 15.3 Å². The highest BCUT2D eigenvalue weighted by atomic mass is 15.2. The average molecular weight is 280 g/mol. The molecular weight excluding hydrogens is 244 g/mol. The van der Waals surface area contributed by atoms with Crippen LogP contribution in [0.25, 0.3) is 0 Å². The Balaban J connectivity index is 1.80. The van der Waals surface area contributed by atoms with Crippen molar-refractivity contribution >= 4 is 0 Å². The molecule has 2 nitrogen and oxygen atoms in total. The molecule has 1 aliphatic heterocycles. The van der Waals surface area contributed by atoms with Crippen LogP contribution in [0.4, 0.5) is 0 Å². The molecule has 2 unspecified atom stereocenters. The smallest absolute Gasteiger partial charge is 0.00953 e. The standard InChI is InChI=1S/C18H36N2/c1-3-6-16-7-5-8-18(10-9-16)20(4-2)15-17-11-13-19-14-12-17/h16-19H,3-15H2,1-2H3. The second-order valence-corrected chi connectivity index (χ2v) is 7.10. The maximum Gasteiger partial charge on any atom is 0.00953 e. The molecule has 1 N–H and O–H groups in total. The molecular formula is C18H36N2. The van der Waals surface area contributed by atoms with E-state index < -0.39 is 0 Å². The molecule has 118 valence electrons. The second-order valence-electron chi connectivity index (χ2n) is 7.10. The van der Waals surface area contributed by atoms with Gasteiger partial charge in [-0.1, -0.05) is 39.5 Å². The molecule has 20 heavy (non-hydrogen) atoms. The van der Waals surface area contributed by atoms with Crippen molar-refractivity contribution in [1.29, 1.82) is 0 Å². The molecule has 2 rings (SSSR count). The number of piperidine rings is 1. The van der Waals surface area contributed by atoms with Gasteiger partial charge in [0.1, 0.15) is 0 Å². The van der Waals surface area contributed by atoms with Gasteiger partial charge in [0, 0.05) is 12.6 Å². The van der Waals surface area contributed by atoms with E-state index in [1.54, 1.807) is 0 Å². The number of nitrogens with zero attached hydrogens (tertiary/aromatic N) is 1. The maximum absolute atomic E-state index is 3.50. The van der Waals surface area contributed by atoms with Gasteiger partial charge in [0.2, 0.25) is 0 Å². The molecule has 0 amide bonds. The lowest BCUT2D eigenvalue weighted by molar-refractivity contribution is 0.145. The minimum absolute atomic E-state index is 0.886. The van der Waals surface area contributed by atoms with Crippen LogP contribution < -0.4 is 5.32 Å². The summed E-state index contributed by atoms with van der Waals surface area (Å²) >= 11 is 0. The van der Waals surface area contributed by atoms with Gasteiger partial charge in [-0.3, -0.25) is 0 Å². The Morgan fingerprint density at radius 2 is 1.70 bits per heavy atom. The summed E-state index contributed by atoms with van der Waals surface area (Å²) in [6, 6.07) is 0.886.